The Hall–Kier alpha value is -2.28. The van der Waals surface area contributed by atoms with Gasteiger partial charge in [-0.15, -0.1) is 0 Å². The Bertz CT molecular complexity index is 571. The smallest absolute Gasteiger partial charge is 0.409 e. The van der Waals surface area contributed by atoms with Gasteiger partial charge in [-0.05, 0) is 25.8 Å². The number of para-hydroxylation sites is 1. The van der Waals surface area contributed by atoms with Gasteiger partial charge in [-0.25, -0.2) is 4.79 Å². The monoisotopic (exact) mass is 349 g/mol. The van der Waals surface area contributed by atoms with Gasteiger partial charge < -0.3 is 25.0 Å². The van der Waals surface area contributed by atoms with Crippen LogP contribution in [0.3, 0.4) is 0 Å². The van der Waals surface area contributed by atoms with Gasteiger partial charge >= 0.3 is 6.09 Å². The van der Waals surface area contributed by atoms with Crippen LogP contribution in [0.15, 0.2) is 24.3 Å². The highest BCUT2D eigenvalue weighted by molar-refractivity contribution is 5.78. The molecule has 1 saturated heterocycles. The molecule has 1 heterocycles. The van der Waals surface area contributed by atoms with Crippen molar-refractivity contribution < 1.29 is 19.1 Å². The lowest BCUT2D eigenvalue weighted by atomic mass is 10.1. The van der Waals surface area contributed by atoms with Crippen LogP contribution in [0.5, 0.6) is 5.75 Å². The molecular formula is C18H27N3O4. The summed E-state index contributed by atoms with van der Waals surface area (Å²) in [6.07, 6.45) is 1.38. The molecule has 0 bridgehead atoms. The molecule has 1 aromatic rings. The van der Waals surface area contributed by atoms with Crippen molar-refractivity contribution in [3.8, 4) is 5.75 Å². The van der Waals surface area contributed by atoms with Gasteiger partial charge in [-0.2, -0.15) is 0 Å². The summed E-state index contributed by atoms with van der Waals surface area (Å²) >= 11 is 0. The average molecular weight is 349 g/mol. The maximum atomic E-state index is 12.0. The van der Waals surface area contributed by atoms with Crippen molar-refractivity contribution in [2.24, 2.45) is 0 Å². The Morgan fingerprint density at radius 3 is 2.64 bits per heavy atom. The van der Waals surface area contributed by atoms with E-state index in [0.717, 1.165) is 24.2 Å². The molecule has 138 valence electrons. The molecule has 1 aliphatic rings. The minimum Gasteiger partial charge on any atom is -0.496 e. The van der Waals surface area contributed by atoms with Crippen molar-refractivity contribution >= 4 is 12.0 Å². The standard InChI is InChI=1S/C18H27N3O4/c1-3-25-18(23)21-10-8-15(9-11-21)19-13-17(22)20-12-14-6-4-5-7-16(14)24-2/h4-7,15,19H,3,8-13H2,1-2H3,(H,20,22). The summed E-state index contributed by atoms with van der Waals surface area (Å²) in [6, 6.07) is 7.85. The van der Waals surface area contributed by atoms with Crippen LogP contribution in [0.2, 0.25) is 0 Å². The summed E-state index contributed by atoms with van der Waals surface area (Å²) < 4.78 is 10.3. The lowest BCUT2D eigenvalue weighted by Crippen LogP contribution is -2.47. The van der Waals surface area contributed by atoms with E-state index in [9.17, 15) is 9.59 Å². The Labute approximate surface area is 148 Å². The first kappa shape index (κ1) is 19.1. The second-order valence-corrected chi connectivity index (χ2v) is 5.93. The Morgan fingerprint density at radius 2 is 1.96 bits per heavy atom. The van der Waals surface area contributed by atoms with Crippen molar-refractivity contribution in [1.82, 2.24) is 15.5 Å². The number of ether oxygens (including phenoxy) is 2. The third kappa shape index (κ3) is 5.94. The first-order valence-corrected chi connectivity index (χ1v) is 8.67. The second kappa shape index (κ2) is 9.88. The summed E-state index contributed by atoms with van der Waals surface area (Å²) in [6.45, 7) is 4.20. The molecule has 1 fully saturated rings. The highest BCUT2D eigenvalue weighted by Crippen LogP contribution is 2.16. The minimum atomic E-state index is -0.254. The van der Waals surface area contributed by atoms with Crippen LogP contribution in [-0.2, 0) is 16.1 Å². The number of amides is 2. The molecular weight excluding hydrogens is 322 g/mol. The number of hydrogen-bond acceptors (Lipinski definition) is 5. The van der Waals surface area contributed by atoms with Gasteiger partial charge in [0, 0.05) is 31.2 Å². The molecule has 0 aliphatic carbocycles. The third-order valence-electron chi connectivity index (χ3n) is 4.24. The predicted molar refractivity (Wildman–Crippen MR) is 94.5 cm³/mol. The highest BCUT2D eigenvalue weighted by Gasteiger charge is 2.23. The highest BCUT2D eigenvalue weighted by atomic mass is 16.6. The normalized spacial score (nSPS) is 14.9. The van der Waals surface area contributed by atoms with E-state index in [1.807, 2.05) is 24.3 Å². The van der Waals surface area contributed by atoms with Crippen molar-refractivity contribution in [2.45, 2.75) is 32.4 Å². The van der Waals surface area contributed by atoms with Crippen LogP contribution >= 0.6 is 0 Å². The van der Waals surface area contributed by atoms with E-state index in [1.165, 1.54) is 0 Å². The van der Waals surface area contributed by atoms with Gasteiger partial charge in [0.2, 0.25) is 5.91 Å². The minimum absolute atomic E-state index is 0.0567. The maximum absolute atomic E-state index is 12.0. The van der Waals surface area contributed by atoms with Gasteiger partial charge in [0.25, 0.3) is 0 Å². The molecule has 7 heteroatoms. The lowest BCUT2D eigenvalue weighted by molar-refractivity contribution is -0.120. The van der Waals surface area contributed by atoms with Gasteiger partial charge in [-0.3, -0.25) is 4.79 Å². The van der Waals surface area contributed by atoms with Gasteiger partial charge in [0.15, 0.2) is 0 Å². The molecule has 0 unspecified atom stereocenters. The topological polar surface area (TPSA) is 79.9 Å². The summed E-state index contributed by atoms with van der Waals surface area (Å²) in [7, 11) is 1.62. The van der Waals surface area contributed by atoms with Crippen LogP contribution < -0.4 is 15.4 Å². The molecule has 7 nitrogen and oxygen atoms in total. The number of piperidine rings is 1. The van der Waals surface area contributed by atoms with Crippen LogP contribution in [0.25, 0.3) is 0 Å². The molecule has 0 saturated carbocycles. The van der Waals surface area contributed by atoms with Crippen molar-refractivity contribution in [3.63, 3.8) is 0 Å². The summed E-state index contributed by atoms with van der Waals surface area (Å²) in [5, 5.41) is 6.15. The molecule has 2 rings (SSSR count). The first-order valence-electron chi connectivity index (χ1n) is 8.67. The van der Waals surface area contributed by atoms with E-state index in [0.29, 0.717) is 26.2 Å². The van der Waals surface area contributed by atoms with Gasteiger partial charge in [0.05, 0.1) is 20.3 Å². The SMILES string of the molecule is CCOC(=O)N1CCC(NCC(=O)NCc2ccccc2OC)CC1. The van der Waals surface area contributed by atoms with Crippen LogP contribution in [0.4, 0.5) is 4.79 Å². The quantitative estimate of drug-likeness (QED) is 0.780. The van der Waals surface area contributed by atoms with E-state index in [4.69, 9.17) is 9.47 Å². The zero-order valence-electron chi connectivity index (χ0n) is 14.9. The number of hydrogen-bond donors (Lipinski definition) is 2. The summed E-state index contributed by atoms with van der Waals surface area (Å²) in [5.41, 5.74) is 0.945. The molecule has 0 atom stereocenters. The molecule has 0 aromatic heterocycles. The predicted octanol–water partition coefficient (Wildman–Crippen LogP) is 1.52. The van der Waals surface area contributed by atoms with Crippen molar-refractivity contribution in [2.75, 3.05) is 33.4 Å². The second-order valence-electron chi connectivity index (χ2n) is 5.93. The first-order chi connectivity index (χ1) is 12.1. The number of nitrogens with zero attached hydrogens (tertiary/aromatic N) is 1. The summed E-state index contributed by atoms with van der Waals surface area (Å²) in [5.74, 6) is 0.709. The largest absolute Gasteiger partial charge is 0.496 e. The van der Waals surface area contributed by atoms with Crippen molar-refractivity contribution in [1.29, 1.82) is 0 Å². The van der Waals surface area contributed by atoms with E-state index < -0.39 is 0 Å². The fourth-order valence-corrected chi connectivity index (χ4v) is 2.82. The van der Waals surface area contributed by atoms with E-state index >= 15 is 0 Å². The van der Waals surface area contributed by atoms with Gasteiger partial charge in [-0.1, -0.05) is 18.2 Å². The number of carbonyl (C=O) groups excluding carboxylic acids is 2. The van der Waals surface area contributed by atoms with E-state index in [2.05, 4.69) is 10.6 Å². The Kier molecular flexibility index (Phi) is 7.53. The van der Waals surface area contributed by atoms with Gasteiger partial charge in [0.1, 0.15) is 5.75 Å². The lowest BCUT2D eigenvalue weighted by Gasteiger charge is -2.31. The molecule has 0 radical (unpaired) electrons. The number of benzene rings is 1. The fourth-order valence-electron chi connectivity index (χ4n) is 2.82. The molecule has 1 aromatic carbocycles. The zero-order chi connectivity index (χ0) is 18.1. The van der Waals surface area contributed by atoms with E-state index in [-0.39, 0.29) is 24.6 Å². The molecule has 1 aliphatic heterocycles. The molecule has 0 spiro atoms. The number of likely N-dealkylation sites (tertiary alicyclic amines) is 1. The molecule has 2 N–H and O–H groups in total. The summed E-state index contributed by atoms with van der Waals surface area (Å²) in [4.78, 5) is 25.4. The van der Waals surface area contributed by atoms with Crippen LogP contribution in [0, 0.1) is 0 Å². The molecule has 25 heavy (non-hydrogen) atoms. The van der Waals surface area contributed by atoms with Crippen LogP contribution in [-0.4, -0.2) is 56.3 Å². The Balaban J connectivity index is 1.66. The zero-order valence-corrected chi connectivity index (χ0v) is 14.9. The van der Waals surface area contributed by atoms with E-state index in [1.54, 1.807) is 18.9 Å². The number of carbonyl (C=O) groups is 2. The van der Waals surface area contributed by atoms with Crippen molar-refractivity contribution in [3.05, 3.63) is 29.8 Å². The number of nitrogens with one attached hydrogen (secondary N) is 2. The van der Waals surface area contributed by atoms with Crippen LogP contribution in [0.1, 0.15) is 25.3 Å². The Morgan fingerprint density at radius 1 is 1.24 bits per heavy atom. The number of rotatable bonds is 7. The average Bonchev–Trinajstić information content (AvgIpc) is 2.65. The molecule has 2 amide bonds. The fraction of sp³-hybridized carbons (Fsp3) is 0.556. The number of methoxy groups -OCH3 is 1. The maximum Gasteiger partial charge on any atom is 0.409 e. The third-order valence-corrected chi connectivity index (χ3v) is 4.24.